The summed E-state index contributed by atoms with van der Waals surface area (Å²) in [5, 5.41) is 1.02. The van der Waals surface area contributed by atoms with Gasteiger partial charge in [0.15, 0.2) is 5.82 Å². The maximum absolute atomic E-state index is 5.20. The molecule has 2 heterocycles. The van der Waals surface area contributed by atoms with E-state index in [4.69, 9.17) is 15.0 Å². The van der Waals surface area contributed by atoms with Gasteiger partial charge in [0.1, 0.15) is 5.01 Å². The molecule has 8 rings (SSSR count). The minimum absolute atomic E-state index is 0.697. The fourth-order valence-corrected chi connectivity index (χ4v) is 6.82. The van der Waals surface area contributed by atoms with Crippen LogP contribution in [0.3, 0.4) is 0 Å². The van der Waals surface area contributed by atoms with Crippen LogP contribution in [-0.2, 0) is 0 Å². The highest BCUT2D eigenvalue weighted by atomic mass is 32.1. The van der Waals surface area contributed by atoms with E-state index in [0.29, 0.717) is 5.82 Å². The molecule has 6 aromatic carbocycles. The van der Waals surface area contributed by atoms with Crippen molar-refractivity contribution < 1.29 is 0 Å². The lowest BCUT2D eigenvalue weighted by Crippen LogP contribution is -1.97. The molecule has 0 N–H and O–H groups in total. The van der Waals surface area contributed by atoms with E-state index < -0.39 is 0 Å². The Balaban J connectivity index is 1.28. The molecule has 0 aliphatic carbocycles. The van der Waals surface area contributed by atoms with E-state index in [-0.39, 0.29) is 0 Å². The number of benzene rings is 6. The average Bonchev–Trinajstić information content (AvgIpc) is 3.58. The molecule has 0 saturated carbocycles. The summed E-state index contributed by atoms with van der Waals surface area (Å²) in [6.07, 6.45) is 0. The van der Waals surface area contributed by atoms with E-state index in [0.717, 1.165) is 65.6 Å². The van der Waals surface area contributed by atoms with Crippen molar-refractivity contribution in [2.45, 2.75) is 0 Å². The van der Waals surface area contributed by atoms with Crippen LogP contribution in [0.2, 0.25) is 0 Å². The first-order chi connectivity index (χ1) is 22.3. The van der Waals surface area contributed by atoms with E-state index in [1.807, 2.05) is 30.3 Å². The number of thiazole rings is 1. The van der Waals surface area contributed by atoms with Crippen LogP contribution in [0.1, 0.15) is 0 Å². The molecule has 4 heteroatoms. The highest BCUT2D eigenvalue weighted by Gasteiger charge is 2.17. The number of nitrogens with zero attached hydrogens (tertiary/aromatic N) is 3. The van der Waals surface area contributed by atoms with Crippen LogP contribution in [0.25, 0.3) is 76.9 Å². The Kier molecular flexibility index (Phi) is 7.02. The first-order valence-electron chi connectivity index (χ1n) is 15.0. The molecule has 0 fully saturated rings. The molecule has 8 aromatic rings. The van der Waals surface area contributed by atoms with Crippen molar-refractivity contribution >= 4 is 21.6 Å². The normalized spacial score (nSPS) is 11.1. The molecule has 0 aliphatic heterocycles. The molecule has 0 atom stereocenters. The minimum Gasteiger partial charge on any atom is -0.236 e. The van der Waals surface area contributed by atoms with Crippen LogP contribution in [0.15, 0.2) is 164 Å². The molecule has 0 bridgehead atoms. The molecule has 0 aliphatic rings. The summed E-state index contributed by atoms with van der Waals surface area (Å²) < 4.78 is 1.16. The van der Waals surface area contributed by atoms with Crippen LogP contribution < -0.4 is 0 Å². The Morgan fingerprint density at radius 2 is 0.889 bits per heavy atom. The van der Waals surface area contributed by atoms with Crippen molar-refractivity contribution in [3.05, 3.63) is 164 Å². The highest BCUT2D eigenvalue weighted by Crippen LogP contribution is 2.41. The van der Waals surface area contributed by atoms with Gasteiger partial charge in [-0.15, -0.1) is 11.3 Å². The summed E-state index contributed by atoms with van der Waals surface area (Å²) in [6, 6.07) is 56.7. The van der Waals surface area contributed by atoms with Crippen LogP contribution in [0.5, 0.6) is 0 Å². The quantitative estimate of drug-likeness (QED) is 0.192. The zero-order valence-electron chi connectivity index (χ0n) is 24.3. The largest absolute Gasteiger partial charge is 0.236 e. The molecule has 212 valence electrons. The molecule has 45 heavy (non-hydrogen) atoms. The van der Waals surface area contributed by atoms with Gasteiger partial charge in [-0.2, -0.15) is 0 Å². The smallest absolute Gasteiger partial charge is 0.160 e. The van der Waals surface area contributed by atoms with Crippen molar-refractivity contribution in [2.24, 2.45) is 0 Å². The van der Waals surface area contributed by atoms with E-state index in [1.54, 1.807) is 11.3 Å². The van der Waals surface area contributed by atoms with Crippen LogP contribution in [-0.4, -0.2) is 15.0 Å². The second kappa shape index (κ2) is 11.8. The summed E-state index contributed by atoms with van der Waals surface area (Å²) >= 11 is 1.73. The van der Waals surface area contributed by atoms with Gasteiger partial charge >= 0.3 is 0 Å². The molecular formula is C41H27N3S. The predicted molar refractivity (Wildman–Crippen MR) is 188 cm³/mol. The van der Waals surface area contributed by atoms with Gasteiger partial charge in [-0.25, -0.2) is 15.0 Å². The maximum Gasteiger partial charge on any atom is 0.160 e. The Bertz CT molecular complexity index is 2240. The predicted octanol–water partition coefficient (Wildman–Crippen LogP) is 11.1. The fraction of sp³-hybridized carbons (Fsp3) is 0. The average molecular weight is 594 g/mol. The summed E-state index contributed by atoms with van der Waals surface area (Å²) in [6.45, 7) is 0. The number of hydrogen-bond acceptors (Lipinski definition) is 4. The Morgan fingerprint density at radius 3 is 1.60 bits per heavy atom. The van der Waals surface area contributed by atoms with E-state index in [2.05, 4.69) is 133 Å². The summed E-state index contributed by atoms with van der Waals surface area (Å²) in [4.78, 5) is 15.3. The standard InChI is InChI=1S/C41H27N3S/c1-4-13-28(14-5-1)29-23-25-31(26-24-29)40-42-37(30-15-6-2-7-16-30)27-38(43-40)34-20-11-10-19-33(34)35-21-12-22-36-39(35)45-41(44-36)32-17-8-3-9-18-32/h1-27H. The van der Waals surface area contributed by atoms with Crippen LogP contribution in [0.4, 0.5) is 0 Å². The third-order valence-electron chi connectivity index (χ3n) is 7.97. The van der Waals surface area contributed by atoms with Gasteiger partial charge in [-0.3, -0.25) is 0 Å². The molecule has 0 spiro atoms. The second-order valence-corrected chi connectivity index (χ2v) is 11.9. The molecule has 3 nitrogen and oxygen atoms in total. The maximum atomic E-state index is 5.20. The Morgan fingerprint density at radius 1 is 0.356 bits per heavy atom. The van der Waals surface area contributed by atoms with Crippen molar-refractivity contribution in [1.29, 1.82) is 0 Å². The number of hydrogen-bond donors (Lipinski definition) is 0. The third-order valence-corrected chi connectivity index (χ3v) is 9.13. The summed E-state index contributed by atoms with van der Waals surface area (Å²) in [5.41, 5.74) is 11.6. The first kappa shape index (κ1) is 26.9. The minimum atomic E-state index is 0.697. The van der Waals surface area contributed by atoms with Crippen molar-refractivity contribution in [2.75, 3.05) is 0 Å². The lowest BCUT2D eigenvalue weighted by molar-refractivity contribution is 1.18. The zero-order valence-corrected chi connectivity index (χ0v) is 25.2. The first-order valence-corrected chi connectivity index (χ1v) is 15.8. The number of aromatic nitrogens is 3. The monoisotopic (exact) mass is 593 g/mol. The van der Waals surface area contributed by atoms with Crippen molar-refractivity contribution in [3.8, 4) is 66.7 Å². The summed E-state index contributed by atoms with van der Waals surface area (Å²) in [5.74, 6) is 0.697. The van der Waals surface area contributed by atoms with Gasteiger partial charge < -0.3 is 0 Å². The molecule has 0 amide bonds. The van der Waals surface area contributed by atoms with Gasteiger partial charge in [-0.05, 0) is 28.8 Å². The van der Waals surface area contributed by atoms with Gasteiger partial charge in [0.2, 0.25) is 0 Å². The van der Waals surface area contributed by atoms with E-state index in [9.17, 15) is 0 Å². The lowest BCUT2D eigenvalue weighted by Gasteiger charge is -2.13. The molecule has 0 radical (unpaired) electrons. The topological polar surface area (TPSA) is 38.7 Å². The van der Waals surface area contributed by atoms with Gasteiger partial charge in [-0.1, -0.05) is 152 Å². The molecule has 0 unspecified atom stereocenters. The second-order valence-electron chi connectivity index (χ2n) is 10.9. The molecular weight excluding hydrogens is 567 g/mol. The van der Waals surface area contributed by atoms with E-state index >= 15 is 0 Å². The van der Waals surface area contributed by atoms with Gasteiger partial charge in [0.25, 0.3) is 0 Å². The highest BCUT2D eigenvalue weighted by molar-refractivity contribution is 7.22. The van der Waals surface area contributed by atoms with Gasteiger partial charge in [0, 0.05) is 27.8 Å². The fourth-order valence-electron chi connectivity index (χ4n) is 5.72. The Labute approximate surface area is 266 Å². The molecule has 2 aromatic heterocycles. The number of rotatable bonds is 6. The third kappa shape index (κ3) is 5.33. The Hall–Kier alpha value is -5.71. The van der Waals surface area contributed by atoms with Crippen LogP contribution in [0, 0.1) is 0 Å². The zero-order chi connectivity index (χ0) is 30.0. The summed E-state index contributed by atoms with van der Waals surface area (Å²) in [7, 11) is 0. The molecule has 0 saturated heterocycles. The van der Waals surface area contributed by atoms with Gasteiger partial charge in [0.05, 0.1) is 21.6 Å². The van der Waals surface area contributed by atoms with Crippen molar-refractivity contribution in [3.63, 3.8) is 0 Å². The van der Waals surface area contributed by atoms with Crippen LogP contribution >= 0.6 is 11.3 Å². The number of fused-ring (bicyclic) bond motifs is 1. The van der Waals surface area contributed by atoms with E-state index in [1.165, 1.54) is 5.56 Å². The lowest BCUT2D eigenvalue weighted by atomic mass is 9.96. The SMILES string of the molecule is c1ccc(-c2ccc(-c3nc(-c4ccccc4)cc(-c4ccccc4-c4cccc5nc(-c6ccccc6)sc45)n3)cc2)cc1. The van der Waals surface area contributed by atoms with Crippen molar-refractivity contribution in [1.82, 2.24) is 15.0 Å².